The lowest BCUT2D eigenvalue weighted by Gasteiger charge is -2.29. The molecule has 0 radical (unpaired) electrons. The van der Waals surface area contributed by atoms with E-state index in [1.54, 1.807) is 4.88 Å². The lowest BCUT2D eigenvalue weighted by Crippen LogP contribution is -3.12. The van der Waals surface area contributed by atoms with Crippen molar-refractivity contribution in [2.75, 3.05) is 57.5 Å². The van der Waals surface area contributed by atoms with Gasteiger partial charge >= 0.3 is 0 Å². The van der Waals surface area contributed by atoms with Gasteiger partial charge in [0.1, 0.15) is 30.3 Å². The average Bonchev–Trinajstić information content (AvgIpc) is 3.06. The van der Waals surface area contributed by atoms with Crippen LogP contribution in [0.15, 0.2) is 0 Å². The number of hydrogen-bond donors (Lipinski definition) is 1. The number of morpholine rings is 2. The van der Waals surface area contributed by atoms with Crippen LogP contribution in [0.1, 0.15) is 29.6 Å². The minimum atomic E-state index is 0.780. The van der Waals surface area contributed by atoms with Gasteiger partial charge in [-0.05, 0) is 30.7 Å². The minimum absolute atomic E-state index is 0.780. The number of fused-ring (bicyclic) bond motifs is 3. The molecule has 27 heavy (non-hydrogen) atoms. The second kappa shape index (κ2) is 7.62. The van der Waals surface area contributed by atoms with Crippen LogP contribution in [0.5, 0.6) is 0 Å². The van der Waals surface area contributed by atoms with Crippen molar-refractivity contribution >= 4 is 27.4 Å². The molecule has 0 amide bonds. The molecule has 0 bridgehead atoms. The van der Waals surface area contributed by atoms with E-state index in [-0.39, 0.29) is 0 Å². The van der Waals surface area contributed by atoms with Crippen LogP contribution in [0, 0.1) is 5.92 Å². The summed E-state index contributed by atoms with van der Waals surface area (Å²) in [6, 6.07) is 0. The third-order valence-electron chi connectivity index (χ3n) is 6.10. The Hall–Kier alpha value is -1.28. The van der Waals surface area contributed by atoms with E-state index < -0.39 is 0 Å². The van der Waals surface area contributed by atoms with Gasteiger partial charge < -0.3 is 19.3 Å². The Morgan fingerprint density at radius 1 is 1.11 bits per heavy atom. The van der Waals surface area contributed by atoms with Gasteiger partial charge in [-0.1, -0.05) is 6.92 Å². The topological polar surface area (TPSA) is 51.9 Å². The zero-order valence-corrected chi connectivity index (χ0v) is 16.9. The van der Waals surface area contributed by atoms with Crippen LogP contribution >= 0.6 is 11.3 Å². The summed E-state index contributed by atoms with van der Waals surface area (Å²) >= 11 is 1.91. The first kappa shape index (κ1) is 17.8. The molecule has 0 saturated carbocycles. The van der Waals surface area contributed by atoms with E-state index in [9.17, 15) is 0 Å². The molecule has 4 heterocycles. The van der Waals surface area contributed by atoms with Crippen molar-refractivity contribution in [3.8, 4) is 0 Å². The van der Waals surface area contributed by atoms with Crippen LogP contribution in [0.25, 0.3) is 10.2 Å². The van der Waals surface area contributed by atoms with Crippen molar-refractivity contribution in [2.45, 2.75) is 32.7 Å². The van der Waals surface area contributed by atoms with Crippen molar-refractivity contribution < 1.29 is 14.4 Å². The van der Waals surface area contributed by atoms with Gasteiger partial charge in [0.05, 0.1) is 31.8 Å². The van der Waals surface area contributed by atoms with Crippen molar-refractivity contribution in [1.82, 2.24) is 9.97 Å². The summed E-state index contributed by atoms with van der Waals surface area (Å²) in [7, 11) is 0. The smallest absolute Gasteiger partial charge is 0.187 e. The number of ether oxygens (including phenoxy) is 2. The Bertz CT molecular complexity index is 812. The molecule has 2 saturated heterocycles. The van der Waals surface area contributed by atoms with Gasteiger partial charge in [0, 0.05) is 18.0 Å². The average molecular weight is 390 g/mol. The highest BCUT2D eigenvalue weighted by molar-refractivity contribution is 7.19. The van der Waals surface area contributed by atoms with E-state index in [1.807, 2.05) is 11.3 Å². The number of nitrogens with one attached hydrogen (secondary N) is 1. The summed E-state index contributed by atoms with van der Waals surface area (Å²) in [5.74, 6) is 2.94. The largest absolute Gasteiger partial charge is 0.378 e. The predicted octanol–water partition coefficient (Wildman–Crippen LogP) is 1.07. The first-order chi connectivity index (χ1) is 13.3. The van der Waals surface area contributed by atoms with Gasteiger partial charge in [0.2, 0.25) is 0 Å². The number of aromatic nitrogens is 2. The Labute approximate surface area is 164 Å². The van der Waals surface area contributed by atoms with Crippen LogP contribution < -0.4 is 9.80 Å². The summed E-state index contributed by atoms with van der Waals surface area (Å²) in [6.45, 7) is 10.5. The fraction of sp³-hybridized carbons (Fsp3) is 0.700. The number of quaternary nitrogens is 1. The number of rotatable bonds is 3. The molecule has 2 aromatic heterocycles. The van der Waals surface area contributed by atoms with Gasteiger partial charge in [-0.15, -0.1) is 11.3 Å². The zero-order valence-electron chi connectivity index (χ0n) is 16.1. The summed E-state index contributed by atoms with van der Waals surface area (Å²) in [6.07, 6.45) is 3.65. The number of nitrogens with zero attached hydrogens (tertiary/aromatic N) is 3. The van der Waals surface area contributed by atoms with E-state index in [4.69, 9.17) is 19.4 Å². The first-order valence-corrected chi connectivity index (χ1v) is 11.1. The Kier molecular flexibility index (Phi) is 5.02. The maximum absolute atomic E-state index is 5.59. The monoisotopic (exact) mass is 389 g/mol. The number of aryl methyl sites for hydroxylation is 1. The van der Waals surface area contributed by atoms with Crippen LogP contribution in [0.3, 0.4) is 0 Å². The molecule has 5 rings (SSSR count). The molecule has 2 aromatic rings. The molecule has 146 valence electrons. The fourth-order valence-electron chi connectivity index (χ4n) is 4.51. The van der Waals surface area contributed by atoms with Crippen molar-refractivity contribution in [3.63, 3.8) is 0 Å². The quantitative estimate of drug-likeness (QED) is 0.851. The zero-order chi connectivity index (χ0) is 18.2. The molecule has 2 fully saturated rings. The summed E-state index contributed by atoms with van der Waals surface area (Å²) < 4.78 is 11.1. The van der Waals surface area contributed by atoms with E-state index >= 15 is 0 Å². The van der Waals surface area contributed by atoms with Crippen LogP contribution in [0.4, 0.5) is 5.82 Å². The molecule has 3 aliphatic rings. The molecule has 0 unspecified atom stereocenters. The standard InChI is InChI=1S/C20H28N4O2S/c1-14-2-3-15-16(12-14)27-20-18(15)19(24-6-10-26-11-7-24)21-17(22-20)13-23-4-8-25-9-5-23/h14H,2-13H2,1H3/p+1/t14-/m1/s1. The first-order valence-electron chi connectivity index (χ1n) is 10.3. The highest BCUT2D eigenvalue weighted by atomic mass is 32.1. The lowest BCUT2D eigenvalue weighted by atomic mass is 9.89. The van der Waals surface area contributed by atoms with Gasteiger partial charge in [0.15, 0.2) is 5.82 Å². The van der Waals surface area contributed by atoms with Gasteiger partial charge in [-0.3, -0.25) is 0 Å². The maximum Gasteiger partial charge on any atom is 0.187 e. The Balaban J connectivity index is 1.56. The van der Waals surface area contributed by atoms with Gasteiger partial charge in [-0.2, -0.15) is 0 Å². The third kappa shape index (κ3) is 3.58. The van der Waals surface area contributed by atoms with Crippen LogP contribution in [-0.2, 0) is 28.9 Å². The molecular weight excluding hydrogens is 360 g/mol. The van der Waals surface area contributed by atoms with Gasteiger partial charge in [-0.25, -0.2) is 9.97 Å². The molecule has 7 heteroatoms. The number of hydrogen-bond acceptors (Lipinski definition) is 6. The van der Waals surface area contributed by atoms with Gasteiger partial charge in [0.25, 0.3) is 0 Å². The summed E-state index contributed by atoms with van der Waals surface area (Å²) in [5.41, 5.74) is 1.53. The highest BCUT2D eigenvalue weighted by Gasteiger charge is 2.27. The Morgan fingerprint density at radius 2 is 1.89 bits per heavy atom. The molecule has 6 nitrogen and oxygen atoms in total. The van der Waals surface area contributed by atoms with Crippen LogP contribution in [0.2, 0.25) is 0 Å². The van der Waals surface area contributed by atoms with Crippen LogP contribution in [-0.4, -0.2) is 62.6 Å². The van der Waals surface area contributed by atoms with E-state index in [2.05, 4.69) is 11.8 Å². The molecule has 0 spiro atoms. The maximum atomic E-state index is 5.59. The summed E-state index contributed by atoms with van der Waals surface area (Å²) in [4.78, 5) is 16.9. The number of thiophene rings is 1. The van der Waals surface area contributed by atoms with E-state index in [0.29, 0.717) is 0 Å². The van der Waals surface area contributed by atoms with E-state index in [1.165, 1.54) is 39.9 Å². The van der Waals surface area contributed by atoms with Crippen molar-refractivity contribution in [3.05, 3.63) is 16.3 Å². The molecule has 1 N–H and O–H groups in total. The van der Waals surface area contributed by atoms with Crippen molar-refractivity contribution in [1.29, 1.82) is 0 Å². The molecule has 2 aliphatic heterocycles. The third-order valence-corrected chi connectivity index (χ3v) is 7.25. The molecule has 0 aromatic carbocycles. The van der Waals surface area contributed by atoms with Crippen molar-refractivity contribution in [2.24, 2.45) is 5.92 Å². The molecule has 1 aliphatic carbocycles. The lowest BCUT2D eigenvalue weighted by molar-refractivity contribution is -0.922. The second-order valence-corrected chi connectivity index (χ2v) is 9.22. The van der Waals surface area contributed by atoms with E-state index in [0.717, 1.165) is 76.7 Å². The molecule has 1 atom stereocenters. The predicted molar refractivity (Wildman–Crippen MR) is 107 cm³/mol. The Morgan fingerprint density at radius 3 is 2.70 bits per heavy atom. The highest BCUT2D eigenvalue weighted by Crippen LogP contribution is 2.41. The number of anilines is 1. The second-order valence-electron chi connectivity index (χ2n) is 8.13. The molecular formula is C20H29N4O2S+. The SMILES string of the molecule is C[C@@H]1CCc2c(sc3nc(C[NH+]4CCOCC4)nc(N4CCOCC4)c23)C1. The fourth-order valence-corrected chi connectivity index (χ4v) is 5.91. The normalized spacial score (nSPS) is 24.3. The minimum Gasteiger partial charge on any atom is -0.378 e. The summed E-state index contributed by atoms with van der Waals surface area (Å²) in [5, 5.41) is 1.34.